The van der Waals surface area contributed by atoms with Crippen molar-refractivity contribution >= 4 is 11.8 Å². The second kappa shape index (κ2) is 6.82. The maximum absolute atomic E-state index is 13.0. The van der Waals surface area contributed by atoms with Crippen LogP contribution in [0.2, 0.25) is 0 Å². The van der Waals surface area contributed by atoms with E-state index < -0.39 is 0 Å². The number of amides is 2. The first kappa shape index (κ1) is 17.4. The number of piperidine rings is 1. The minimum Gasteiger partial charge on any atom is -0.496 e. The van der Waals surface area contributed by atoms with Crippen LogP contribution >= 0.6 is 0 Å². The van der Waals surface area contributed by atoms with Crippen LogP contribution in [0, 0.1) is 0 Å². The summed E-state index contributed by atoms with van der Waals surface area (Å²) in [6.45, 7) is 1.22. The summed E-state index contributed by atoms with van der Waals surface area (Å²) in [4.78, 5) is 26.3. The molecule has 2 heterocycles. The number of hydrogen-bond donors (Lipinski definition) is 1. The number of hydrogen-bond acceptors (Lipinski definition) is 5. The first-order valence-electron chi connectivity index (χ1n) is 8.42. The Morgan fingerprint density at radius 1 is 1.00 bits per heavy atom. The lowest BCUT2D eigenvalue weighted by Gasteiger charge is -2.39. The van der Waals surface area contributed by atoms with Crippen LogP contribution in [0.3, 0.4) is 0 Å². The highest BCUT2D eigenvalue weighted by Gasteiger charge is 2.41. The summed E-state index contributed by atoms with van der Waals surface area (Å²) in [5, 5.41) is 3.09. The molecule has 2 saturated heterocycles. The maximum Gasteiger partial charge on any atom is 0.257 e. The van der Waals surface area contributed by atoms with Gasteiger partial charge >= 0.3 is 0 Å². The van der Waals surface area contributed by atoms with Gasteiger partial charge in [0.2, 0.25) is 5.91 Å². The molecule has 1 spiro atoms. The van der Waals surface area contributed by atoms with Gasteiger partial charge in [-0.3, -0.25) is 9.59 Å². The molecule has 0 saturated carbocycles. The first-order chi connectivity index (χ1) is 12.0. The average molecular weight is 348 g/mol. The van der Waals surface area contributed by atoms with Gasteiger partial charge in [0.15, 0.2) is 11.5 Å². The topological polar surface area (TPSA) is 77.1 Å². The third kappa shape index (κ3) is 3.23. The summed E-state index contributed by atoms with van der Waals surface area (Å²) in [6, 6.07) is 3.32. The summed E-state index contributed by atoms with van der Waals surface area (Å²) >= 11 is 0. The minimum atomic E-state index is -0.129. The largest absolute Gasteiger partial charge is 0.496 e. The normalized spacial score (nSPS) is 18.8. The van der Waals surface area contributed by atoms with Crippen LogP contribution < -0.4 is 19.5 Å². The molecule has 136 valence electrons. The first-order valence-corrected chi connectivity index (χ1v) is 8.42. The molecule has 1 N–H and O–H groups in total. The van der Waals surface area contributed by atoms with Gasteiger partial charge < -0.3 is 24.4 Å². The second-order valence-corrected chi connectivity index (χ2v) is 6.53. The molecule has 2 amide bonds. The number of likely N-dealkylation sites (tertiary alicyclic amines) is 1. The Balaban J connectivity index is 1.78. The van der Waals surface area contributed by atoms with Crippen molar-refractivity contribution < 1.29 is 23.8 Å². The van der Waals surface area contributed by atoms with E-state index in [1.54, 1.807) is 24.1 Å². The number of methoxy groups -OCH3 is 3. The standard InChI is InChI=1S/C18H24N2O5/c1-23-13-11-15(25-3)14(24-2)10-12(13)17(22)20-8-6-18(7-9-20)5-4-16(21)19-18/h10-11H,4-9H2,1-3H3,(H,19,21). The number of nitrogens with one attached hydrogen (secondary N) is 1. The highest BCUT2D eigenvalue weighted by Crippen LogP contribution is 2.37. The SMILES string of the molecule is COc1cc(OC)c(C(=O)N2CCC3(CCC(=O)N3)CC2)cc1OC. The van der Waals surface area contributed by atoms with Crippen LogP contribution in [-0.2, 0) is 4.79 Å². The van der Waals surface area contributed by atoms with Crippen LogP contribution in [0.1, 0.15) is 36.0 Å². The summed E-state index contributed by atoms with van der Waals surface area (Å²) in [7, 11) is 4.60. The van der Waals surface area contributed by atoms with Crippen LogP contribution in [0.4, 0.5) is 0 Å². The minimum absolute atomic E-state index is 0.100. The molecule has 1 aromatic carbocycles. The summed E-state index contributed by atoms with van der Waals surface area (Å²) in [5.74, 6) is 1.47. The van der Waals surface area contributed by atoms with E-state index in [1.807, 2.05) is 0 Å². The Morgan fingerprint density at radius 3 is 2.12 bits per heavy atom. The summed E-state index contributed by atoms with van der Waals surface area (Å²) in [6.07, 6.45) is 2.99. The fraction of sp³-hybridized carbons (Fsp3) is 0.556. The van der Waals surface area contributed by atoms with Crippen molar-refractivity contribution in [3.8, 4) is 17.2 Å². The third-order valence-electron chi connectivity index (χ3n) is 5.18. The zero-order chi connectivity index (χ0) is 18.0. The van der Waals surface area contributed by atoms with Crippen LogP contribution in [0.5, 0.6) is 17.2 Å². The van der Waals surface area contributed by atoms with E-state index in [2.05, 4.69) is 5.32 Å². The van der Waals surface area contributed by atoms with E-state index in [9.17, 15) is 9.59 Å². The molecule has 25 heavy (non-hydrogen) atoms. The van der Waals surface area contributed by atoms with Gasteiger partial charge in [-0.05, 0) is 19.3 Å². The van der Waals surface area contributed by atoms with Gasteiger partial charge in [-0.15, -0.1) is 0 Å². The number of nitrogens with zero attached hydrogens (tertiary/aromatic N) is 1. The Morgan fingerprint density at radius 2 is 1.60 bits per heavy atom. The molecule has 7 heteroatoms. The van der Waals surface area contributed by atoms with E-state index in [4.69, 9.17) is 14.2 Å². The highest BCUT2D eigenvalue weighted by molar-refractivity contribution is 5.98. The zero-order valence-corrected chi connectivity index (χ0v) is 14.9. The van der Waals surface area contributed by atoms with Crippen molar-refractivity contribution in [1.29, 1.82) is 0 Å². The summed E-state index contributed by atoms with van der Waals surface area (Å²) in [5.41, 5.74) is 0.321. The average Bonchev–Trinajstić information content (AvgIpc) is 3.00. The van der Waals surface area contributed by atoms with Crippen molar-refractivity contribution in [3.63, 3.8) is 0 Å². The molecule has 2 fully saturated rings. The Bertz CT molecular complexity index is 680. The number of carbonyl (C=O) groups excluding carboxylic acids is 2. The Hall–Kier alpha value is -2.44. The van der Waals surface area contributed by atoms with Gasteiger partial charge in [0.1, 0.15) is 5.75 Å². The fourth-order valence-electron chi connectivity index (χ4n) is 3.65. The molecule has 0 aromatic heterocycles. The van der Waals surface area contributed by atoms with E-state index >= 15 is 0 Å². The van der Waals surface area contributed by atoms with Crippen molar-refractivity contribution in [2.75, 3.05) is 34.4 Å². The number of ether oxygens (including phenoxy) is 3. The van der Waals surface area contributed by atoms with E-state index in [0.717, 1.165) is 19.3 Å². The molecule has 0 bridgehead atoms. The quantitative estimate of drug-likeness (QED) is 0.894. The van der Waals surface area contributed by atoms with Gasteiger partial charge in [0.25, 0.3) is 5.91 Å². The molecule has 0 unspecified atom stereocenters. The lowest BCUT2D eigenvalue weighted by atomic mass is 9.86. The molecule has 7 nitrogen and oxygen atoms in total. The third-order valence-corrected chi connectivity index (χ3v) is 5.18. The molecule has 2 aliphatic rings. The smallest absolute Gasteiger partial charge is 0.257 e. The molecule has 1 aromatic rings. The van der Waals surface area contributed by atoms with Gasteiger partial charge in [0, 0.05) is 37.2 Å². The second-order valence-electron chi connectivity index (χ2n) is 6.53. The number of carbonyl (C=O) groups is 2. The maximum atomic E-state index is 13.0. The highest BCUT2D eigenvalue weighted by atomic mass is 16.5. The monoisotopic (exact) mass is 348 g/mol. The predicted molar refractivity (Wildman–Crippen MR) is 91.3 cm³/mol. The predicted octanol–water partition coefficient (Wildman–Crippen LogP) is 1.60. The molecule has 2 aliphatic heterocycles. The lowest BCUT2D eigenvalue weighted by molar-refractivity contribution is -0.120. The van der Waals surface area contributed by atoms with Crippen LogP contribution in [0.15, 0.2) is 12.1 Å². The number of benzene rings is 1. The van der Waals surface area contributed by atoms with Crippen molar-refractivity contribution in [2.24, 2.45) is 0 Å². The molecule has 0 radical (unpaired) electrons. The molecular weight excluding hydrogens is 324 g/mol. The van der Waals surface area contributed by atoms with Gasteiger partial charge in [-0.25, -0.2) is 0 Å². The van der Waals surface area contributed by atoms with E-state index in [1.165, 1.54) is 14.2 Å². The molecule has 3 rings (SSSR count). The number of rotatable bonds is 4. The molecule has 0 aliphatic carbocycles. The van der Waals surface area contributed by atoms with Crippen molar-refractivity contribution in [3.05, 3.63) is 17.7 Å². The summed E-state index contributed by atoms with van der Waals surface area (Å²) < 4.78 is 15.9. The van der Waals surface area contributed by atoms with Crippen molar-refractivity contribution in [2.45, 2.75) is 31.2 Å². The van der Waals surface area contributed by atoms with E-state index in [0.29, 0.717) is 42.3 Å². The molecular formula is C18H24N2O5. The fourth-order valence-corrected chi connectivity index (χ4v) is 3.65. The van der Waals surface area contributed by atoms with Gasteiger partial charge in [-0.2, -0.15) is 0 Å². The lowest BCUT2D eigenvalue weighted by Crippen LogP contribution is -2.52. The van der Waals surface area contributed by atoms with Gasteiger partial charge in [0.05, 0.1) is 26.9 Å². The van der Waals surface area contributed by atoms with Crippen molar-refractivity contribution in [1.82, 2.24) is 10.2 Å². The zero-order valence-electron chi connectivity index (χ0n) is 14.9. The Labute approximate surface area is 147 Å². The van der Waals surface area contributed by atoms with Crippen LogP contribution in [-0.4, -0.2) is 56.7 Å². The van der Waals surface area contributed by atoms with Crippen LogP contribution in [0.25, 0.3) is 0 Å². The van der Waals surface area contributed by atoms with E-state index in [-0.39, 0.29) is 17.4 Å². The van der Waals surface area contributed by atoms with Gasteiger partial charge in [-0.1, -0.05) is 0 Å². The Kier molecular flexibility index (Phi) is 4.74. The molecule has 0 atom stereocenters.